The van der Waals surface area contributed by atoms with Crippen LogP contribution in [-0.2, 0) is 6.42 Å². The highest BCUT2D eigenvalue weighted by Crippen LogP contribution is 2.12. The van der Waals surface area contributed by atoms with Crippen molar-refractivity contribution in [1.82, 2.24) is 14.9 Å². The fourth-order valence-corrected chi connectivity index (χ4v) is 2.52. The van der Waals surface area contributed by atoms with Crippen LogP contribution in [0.25, 0.3) is 0 Å². The molecule has 0 amide bonds. The zero-order valence-electron chi connectivity index (χ0n) is 13.7. The van der Waals surface area contributed by atoms with Crippen LogP contribution in [0.5, 0.6) is 0 Å². The number of aromatic nitrogens is 3. The smallest absolute Gasteiger partial charge is 0.216 e. The Labute approximate surface area is 146 Å². The lowest BCUT2D eigenvalue weighted by Crippen LogP contribution is -2.08. The normalized spacial score (nSPS) is 11.1. The van der Waals surface area contributed by atoms with Crippen LogP contribution in [0.4, 0.5) is 5.69 Å². The van der Waals surface area contributed by atoms with E-state index >= 15 is 0 Å². The second kappa shape index (κ2) is 7.23. The zero-order chi connectivity index (χ0) is 16.9. The van der Waals surface area contributed by atoms with Gasteiger partial charge in [0.2, 0.25) is 4.77 Å². The molecule has 5 nitrogen and oxygen atoms in total. The third-order valence-corrected chi connectivity index (χ3v) is 3.92. The minimum atomic E-state index is 0.488. The molecule has 0 aliphatic rings. The lowest BCUT2D eigenvalue weighted by atomic mass is 10.1. The van der Waals surface area contributed by atoms with E-state index < -0.39 is 0 Å². The maximum atomic E-state index is 5.28. The van der Waals surface area contributed by atoms with Gasteiger partial charge in [-0.05, 0) is 35.5 Å². The standard InChI is InChI=1S/C18H19N5S/c1-22(2)16-10-8-15(9-11-16)13-19-23-17(20-21-18(23)24)12-14-6-4-3-5-7-14/h3-11,13H,12H2,1-2H3,(H,21,24)/b19-13-. The van der Waals surface area contributed by atoms with Crippen LogP contribution in [0, 0.1) is 4.77 Å². The van der Waals surface area contributed by atoms with E-state index in [1.165, 1.54) is 5.56 Å². The van der Waals surface area contributed by atoms with Crippen LogP contribution in [0.2, 0.25) is 0 Å². The van der Waals surface area contributed by atoms with Gasteiger partial charge in [0.25, 0.3) is 0 Å². The Hall–Kier alpha value is -2.73. The minimum absolute atomic E-state index is 0.488. The monoisotopic (exact) mass is 337 g/mol. The first-order valence-corrected chi connectivity index (χ1v) is 8.06. The van der Waals surface area contributed by atoms with Crippen LogP contribution in [-0.4, -0.2) is 35.2 Å². The molecule has 1 heterocycles. The minimum Gasteiger partial charge on any atom is -0.378 e. The molecule has 1 N–H and O–H groups in total. The summed E-state index contributed by atoms with van der Waals surface area (Å²) >= 11 is 5.28. The number of anilines is 1. The first kappa shape index (κ1) is 16.1. The fraction of sp³-hybridized carbons (Fsp3) is 0.167. The first-order chi connectivity index (χ1) is 11.6. The first-order valence-electron chi connectivity index (χ1n) is 7.65. The van der Waals surface area contributed by atoms with Gasteiger partial charge < -0.3 is 4.90 Å². The lowest BCUT2D eigenvalue weighted by Gasteiger charge is -2.11. The Morgan fingerprint density at radius 3 is 2.50 bits per heavy atom. The van der Waals surface area contributed by atoms with Gasteiger partial charge in [0.1, 0.15) is 0 Å². The Morgan fingerprint density at radius 2 is 1.83 bits per heavy atom. The van der Waals surface area contributed by atoms with Gasteiger partial charge in [-0.1, -0.05) is 42.5 Å². The van der Waals surface area contributed by atoms with Crippen molar-refractivity contribution in [3.8, 4) is 0 Å². The number of H-pyrrole nitrogens is 1. The van der Waals surface area contributed by atoms with Gasteiger partial charge in [-0.25, -0.2) is 0 Å². The van der Waals surface area contributed by atoms with E-state index in [2.05, 4.69) is 44.5 Å². The summed E-state index contributed by atoms with van der Waals surface area (Å²) in [7, 11) is 4.04. The van der Waals surface area contributed by atoms with E-state index in [0.29, 0.717) is 11.2 Å². The SMILES string of the molecule is CN(C)c1ccc(/C=N\n2c(Cc3ccccc3)n[nH]c2=S)cc1. The third-order valence-electron chi connectivity index (χ3n) is 3.65. The van der Waals surface area contributed by atoms with E-state index in [1.807, 2.05) is 44.4 Å². The molecule has 2 aromatic carbocycles. The van der Waals surface area contributed by atoms with Crippen LogP contribution in [0.15, 0.2) is 59.7 Å². The van der Waals surface area contributed by atoms with Crippen LogP contribution < -0.4 is 4.90 Å². The van der Waals surface area contributed by atoms with Crippen molar-refractivity contribution < 1.29 is 0 Å². The molecule has 0 atom stereocenters. The second-order valence-corrected chi connectivity index (χ2v) is 6.04. The Morgan fingerprint density at radius 1 is 1.12 bits per heavy atom. The zero-order valence-corrected chi connectivity index (χ0v) is 14.5. The average molecular weight is 337 g/mol. The van der Waals surface area contributed by atoms with Gasteiger partial charge in [0.15, 0.2) is 5.82 Å². The van der Waals surface area contributed by atoms with Crippen molar-refractivity contribution in [2.75, 3.05) is 19.0 Å². The number of rotatable bonds is 5. The van der Waals surface area contributed by atoms with Crippen molar-refractivity contribution in [3.05, 3.63) is 76.3 Å². The number of nitrogens with zero attached hydrogens (tertiary/aromatic N) is 4. The van der Waals surface area contributed by atoms with Gasteiger partial charge in [-0.2, -0.15) is 14.9 Å². The maximum Gasteiger partial charge on any atom is 0.216 e. The van der Waals surface area contributed by atoms with Gasteiger partial charge >= 0.3 is 0 Å². The Bertz CT molecular complexity index is 876. The van der Waals surface area contributed by atoms with Crippen LogP contribution in [0.1, 0.15) is 17.0 Å². The number of aromatic amines is 1. The molecule has 122 valence electrons. The second-order valence-electron chi connectivity index (χ2n) is 5.65. The highest BCUT2D eigenvalue weighted by Gasteiger charge is 2.06. The molecule has 0 bridgehead atoms. The number of hydrogen-bond acceptors (Lipinski definition) is 4. The number of nitrogens with one attached hydrogen (secondary N) is 1. The average Bonchev–Trinajstić information content (AvgIpc) is 2.94. The predicted octanol–water partition coefficient (Wildman–Crippen LogP) is 3.48. The maximum absolute atomic E-state index is 5.28. The summed E-state index contributed by atoms with van der Waals surface area (Å²) in [5.74, 6) is 0.785. The Kier molecular flexibility index (Phi) is 4.86. The summed E-state index contributed by atoms with van der Waals surface area (Å²) in [6.45, 7) is 0. The van der Waals surface area contributed by atoms with Crippen LogP contribution >= 0.6 is 12.2 Å². The predicted molar refractivity (Wildman–Crippen MR) is 100 cm³/mol. The summed E-state index contributed by atoms with van der Waals surface area (Å²) in [6.07, 6.45) is 2.46. The van der Waals surface area contributed by atoms with E-state index in [4.69, 9.17) is 12.2 Å². The molecule has 0 saturated carbocycles. The molecule has 0 aliphatic heterocycles. The molecular formula is C18H19N5S. The van der Waals surface area contributed by atoms with E-state index in [1.54, 1.807) is 10.9 Å². The number of benzene rings is 2. The van der Waals surface area contributed by atoms with Gasteiger partial charge in [-0.15, -0.1) is 0 Å². The van der Waals surface area contributed by atoms with Gasteiger partial charge in [0.05, 0.1) is 6.21 Å². The Balaban J connectivity index is 1.82. The van der Waals surface area contributed by atoms with Crippen molar-refractivity contribution in [1.29, 1.82) is 0 Å². The molecular weight excluding hydrogens is 318 g/mol. The molecule has 0 aliphatic carbocycles. The molecule has 3 aromatic rings. The summed E-state index contributed by atoms with van der Waals surface area (Å²) < 4.78 is 2.16. The topological polar surface area (TPSA) is 49.2 Å². The molecule has 0 radical (unpaired) electrons. The largest absolute Gasteiger partial charge is 0.378 e. The van der Waals surface area contributed by atoms with Crippen molar-refractivity contribution in [2.24, 2.45) is 5.10 Å². The summed E-state index contributed by atoms with van der Waals surface area (Å²) in [5, 5.41) is 11.6. The van der Waals surface area contributed by atoms with Crippen LogP contribution in [0.3, 0.4) is 0 Å². The summed E-state index contributed by atoms with van der Waals surface area (Å²) in [5.41, 5.74) is 3.32. The van der Waals surface area contributed by atoms with E-state index in [0.717, 1.165) is 17.1 Å². The molecule has 6 heteroatoms. The lowest BCUT2D eigenvalue weighted by molar-refractivity contribution is 0.792. The van der Waals surface area contributed by atoms with Gasteiger partial charge in [-0.3, -0.25) is 5.10 Å². The molecule has 24 heavy (non-hydrogen) atoms. The molecule has 0 unspecified atom stereocenters. The highest BCUT2D eigenvalue weighted by atomic mass is 32.1. The molecule has 0 saturated heterocycles. The fourth-order valence-electron chi connectivity index (χ4n) is 2.32. The summed E-state index contributed by atoms with van der Waals surface area (Å²) in [6, 6.07) is 18.3. The van der Waals surface area contributed by atoms with Gasteiger partial charge in [0, 0.05) is 26.2 Å². The third kappa shape index (κ3) is 3.78. The molecule has 1 aromatic heterocycles. The summed E-state index contributed by atoms with van der Waals surface area (Å²) in [4.78, 5) is 2.06. The van der Waals surface area contributed by atoms with E-state index in [-0.39, 0.29) is 0 Å². The van der Waals surface area contributed by atoms with Crippen molar-refractivity contribution in [2.45, 2.75) is 6.42 Å². The van der Waals surface area contributed by atoms with Crippen molar-refractivity contribution >= 4 is 24.1 Å². The quantitative estimate of drug-likeness (QED) is 0.573. The van der Waals surface area contributed by atoms with Crippen molar-refractivity contribution in [3.63, 3.8) is 0 Å². The highest BCUT2D eigenvalue weighted by molar-refractivity contribution is 7.71. The number of hydrogen-bond donors (Lipinski definition) is 1. The van der Waals surface area contributed by atoms with E-state index in [9.17, 15) is 0 Å². The molecule has 0 spiro atoms. The molecule has 3 rings (SSSR count). The molecule has 0 fully saturated rings.